The zero-order chi connectivity index (χ0) is 25.4. The summed E-state index contributed by atoms with van der Waals surface area (Å²) >= 11 is 0. The maximum atomic E-state index is 13.6. The van der Waals surface area contributed by atoms with E-state index in [0.717, 1.165) is 38.2 Å². The van der Waals surface area contributed by atoms with Gasteiger partial charge in [-0.2, -0.15) is 4.31 Å². The number of fused-ring (bicyclic) bond motifs is 3. The first-order chi connectivity index (χ1) is 17.2. The second kappa shape index (κ2) is 10.4. The third kappa shape index (κ3) is 5.14. The molecule has 2 fully saturated rings. The molecule has 10 nitrogen and oxygen atoms in total. The van der Waals surface area contributed by atoms with E-state index in [0.29, 0.717) is 28.9 Å². The van der Waals surface area contributed by atoms with E-state index in [1.807, 2.05) is 0 Å². The van der Waals surface area contributed by atoms with Gasteiger partial charge in [0, 0.05) is 29.7 Å². The predicted octanol–water partition coefficient (Wildman–Crippen LogP) is 6.07. The maximum Gasteiger partial charge on any atom is 0.299 e. The van der Waals surface area contributed by atoms with Crippen LogP contribution in [0.4, 0.5) is 22.7 Å². The molecule has 0 amide bonds. The highest BCUT2D eigenvalue weighted by Crippen LogP contribution is 2.38. The lowest BCUT2D eigenvalue weighted by Crippen LogP contribution is -2.41. The summed E-state index contributed by atoms with van der Waals surface area (Å²) < 4.78 is 29.0. The van der Waals surface area contributed by atoms with Gasteiger partial charge in [0.25, 0.3) is 11.4 Å². The van der Waals surface area contributed by atoms with E-state index < -0.39 is 25.6 Å². The van der Waals surface area contributed by atoms with E-state index in [2.05, 4.69) is 5.32 Å². The van der Waals surface area contributed by atoms with Crippen molar-refractivity contribution in [3.05, 3.63) is 82.3 Å². The fraction of sp³-hybridized carbons (Fsp3) is 0.346. The molecule has 3 aromatic carbocycles. The highest BCUT2D eigenvalue weighted by molar-refractivity contribution is 7.89. The number of nitrogens with zero attached hydrogens (tertiary/aromatic N) is 3. The van der Waals surface area contributed by atoms with Crippen LogP contribution in [0, 0.1) is 33.6 Å². The maximum absolute atomic E-state index is 13.6. The summed E-state index contributed by atoms with van der Waals surface area (Å²) in [4.78, 5) is 21.4. The molecule has 0 aromatic heterocycles. The summed E-state index contributed by atoms with van der Waals surface area (Å²) in [5, 5.41) is 26.9. The van der Waals surface area contributed by atoms with Gasteiger partial charge in [0.15, 0.2) is 0 Å². The molecule has 11 heteroatoms. The molecule has 3 aromatic rings. The van der Waals surface area contributed by atoms with E-state index in [4.69, 9.17) is 0 Å². The van der Waals surface area contributed by atoms with Gasteiger partial charge in [-0.1, -0.05) is 38.5 Å². The second-order valence-electron chi connectivity index (χ2n) is 9.47. The fourth-order valence-corrected chi connectivity index (χ4v) is 7.26. The molecule has 37 heavy (non-hydrogen) atoms. The Kier molecular flexibility index (Phi) is 7.47. The highest BCUT2D eigenvalue weighted by atomic mass is 32.2. The van der Waals surface area contributed by atoms with Crippen LogP contribution in [0.5, 0.6) is 0 Å². The minimum absolute atomic E-state index is 0. The molecule has 2 atom stereocenters. The average molecular weight is 525 g/mol. The van der Waals surface area contributed by atoms with Crippen molar-refractivity contribution in [2.24, 2.45) is 5.92 Å². The summed E-state index contributed by atoms with van der Waals surface area (Å²) in [6, 6.07) is 13.6. The molecule has 1 aliphatic carbocycles. The summed E-state index contributed by atoms with van der Waals surface area (Å²) in [5.41, 5.74) is -0.172. The first kappa shape index (κ1) is 26.5. The van der Waals surface area contributed by atoms with Crippen molar-refractivity contribution < 1.29 is 18.3 Å². The van der Waals surface area contributed by atoms with Crippen molar-refractivity contribution >= 4 is 43.5 Å². The molecule has 194 valence electrons. The minimum Gasteiger partial charge on any atom is -0.349 e. The van der Waals surface area contributed by atoms with Crippen molar-refractivity contribution in [3.63, 3.8) is 0 Å². The quantitative estimate of drug-likeness (QED) is 0.305. The highest BCUT2D eigenvalue weighted by Gasteiger charge is 2.37. The van der Waals surface area contributed by atoms with Crippen LogP contribution in [0.15, 0.2) is 59.5 Å². The molecule has 1 heterocycles. The molecule has 1 saturated carbocycles. The Hall–Kier alpha value is -3.57. The normalized spacial score (nSPS) is 20.0. The van der Waals surface area contributed by atoms with Crippen molar-refractivity contribution in [2.75, 3.05) is 11.9 Å². The zero-order valence-electron chi connectivity index (χ0n) is 20.2. The minimum atomic E-state index is -3.67. The number of non-ortho nitro benzene ring substituents is 1. The van der Waals surface area contributed by atoms with Crippen LogP contribution in [0.3, 0.4) is 0 Å². The summed E-state index contributed by atoms with van der Waals surface area (Å²) in [7, 11) is -3.67. The average Bonchev–Trinajstić information content (AvgIpc) is 3.01. The van der Waals surface area contributed by atoms with Crippen LogP contribution in [-0.4, -0.2) is 35.2 Å². The van der Waals surface area contributed by atoms with Gasteiger partial charge in [-0.25, -0.2) is 8.42 Å². The number of benzene rings is 3. The Bertz CT molecular complexity index is 1460. The second-order valence-corrected chi connectivity index (χ2v) is 11.4. The van der Waals surface area contributed by atoms with Gasteiger partial charge in [-0.15, -0.1) is 0 Å². The molecule has 5 rings (SSSR count). The zero-order valence-corrected chi connectivity index (χ0v) is 21.0. The summed E-state index contributed by atoms with van der Waals surface area (Å²) in [6.45, 7) is 0.535. The van der Waals surface area contributed by atoms with E-state index in [1.165, 1.54) is 18.6 Å². The molecule has 1 saturated heterocycles. The lowest BCUT2D eigenvalue weighted by molar-refractivity contribution is -0.393. The van der Waals surface area contributed by atoms with Gasteiger partial charge >= 0.3 is 0 Å². The lowest BCUT2D eigenvalue weighted by Gasteiger charge is -2.33. The monoisotopic (exact) mass is 524 g/mol. The number of sulfonamides is 1. The third-order valence-corrected chi connectivity index (χ3v) is 9.22. The van der Waals surface area contributed by atoms with Gasteiger partial charge in [-0.05, 0) is 61.3 Å². The Morgan fingerprint density at radius 1 is 0.892 bits per heavy atom. The Morgan fingerprint density at radius 3 is 2.43 bits per heavy atom. The number of rotatable bonds is 6. The standard InChI is InChI=1S/C25H26N4O6S.CH2/c30-28(31)20-9-12-24(25(16-20)29(32)33)26-23-8-2-6-18-15-21(10-11-22(18)23)36(34,35)27-13-3-5-17-4-1-7-19(27)14-17;/h2,6,8-12,15-17,19,26H,1,3-5,7,13-14H2;1H2. The fourth-order valence-electron chi connectivity index (χ4n) is 5.52. The Labute approximate surface area is 215 Å². The molecule has 2 unspecified atom stereocenters. The van der Waals surface area contributed by atoms with Crippen molar-refractivity contribution in [2.45, 2.75) is 49.5 Å². The van der Waals surface area contributed by atoms with Crippen LogP contribution >= 0.6 is 0 Å². The van der Waals surface area contributed by atoms with Crippen molar-refractivity contribution in [1.29, 1.82) is 0 Å². The van der Waals surface area contributed by atoms with E-state index in [9.17, 15) is 28.6 Å². The Morgan fingerprint density at radius 2 is 1.68 bits per heavy atom. The summed E-state index contributed by atoms with van der Waals surface area (Å²) in [5.74, 6) is 0.609. The van der Waals surface area contributed by atoms with Gasteiger partial charge in [0.05, 0.1) is 20.8 Å². The first-order valence-electron chi connectivity index (χ1n) is 12.0. The smallest absolute Gasteiger partial charge is 0.299 e. The third-order valence-electron chi connectivity index (χ3n) is 7.27. The van der Waals surface area contributed by atoms with E-state index in [1.54, 1.807) is 40.7 Å². The Balaban J connectivity index is 0.00000320. The summed E-state index contributed by atoms with van der Waals surface area (Å²) in [6.07, 6.45) is 6.01. The van der Waals surface area contributed by atoms with Crippen LogP contribution in [-0.2, 0) is 10.0 Å². The lowest BCUT2D eigenvalue weighted by atomic mass is 9.84. The molecule has 0 spiro atoms. The number of nitro groups is 2. The number of nitro benzene ring substituents is 2. The van der Waals surface area contributed by atoms with Crippen molar-refractivity contribution in [3.8, 4) is 0 Å². The molecule has 2 bridgehead atoms. The van der Waals surface area contributed by atoms with Crippen molar-refractivity contribution in [1.82, 2.24) is 4.31 Å². The molecular formula is C26H28N4O6S. The predicted molar refractivity (Wildman–Crippen MR) is 141 cm³/mol. The molecule has 2 radical (unpaired) electrons. The number of anilines is 2. The van der Waals surface area contributed by atoms with Crippen LogP contribution in [0.2, 0.25) is 0 Å². The number of hydrogen-bond acceptors (Lipinski definition) is 7. The van der Waals surface area contributed by atoms with Gasteiger partial charge in [0.1, 0.15) is 5.69 Å². The van der Waals surface area contributed by atoms with Gasteiger partial charge < -0.3 is 5.32 Å². The van der Waals surface area contributed by atoms with Gasteiger partial charge in [0.2, 0.25) is 10.0 Å². The number of hydrogen-bond donors (Lipinski definition) is 1. The molecule has 1 aliphatic heterocycles. The number of nitrogens with one attached hydrogen (secondary N) is 1. The molecule has 1 N–H and O–H groups in total. The van der Waals surface area contributed by atoms with Crippen LogP contribution < -0.4 is 5.32 Å². The molecular weight excluding hydrogens is 496 g/mol. The van der Waals surface area contributed by atoms with E-state index in [-0.39, 0.29) is 29.7 Å². The van der Waals surface area contributed by atoms with Crippen LogP contribution in [0.1, 0.15) is 38.5 Å². The van der Waals surface area contributed by atoms with Crippen LogP contribution in [0.25, 0.3) is 10.8 Å². The largest absolute Gasteiger partial charge is 0.349 e. The topological polar surface area (TPSA) is 136 Å². The van der Waals surface area contributed by atoms with Gasteiger partial charge in [-0.3, -0.25) is 20.2 Å². The molecule has 2 aliphatic rings. The SMILES string of the molecule is O=[N+]([O-])c1ccc(Nc2cccc3cc(S(=O)(=O)N4CCCC5CCCC4C5)ccc23)c([N+](=O)[O-])c1.[CH2]. The first-order valence-corrected chi connectivity index (χ1v) is 13.4. The van der Waals surface area contributed by atoms with E-state index >= 15 is 0 Å².